The normalized spacial score (nSPS) is 14.6. The van der Waals surface area contributed by atoms with E-state index in [-0.39, 0.29) is 16.9 Å². The fraction of sp³-hybridized carbons (Fsp3) is 0.400. The zero-order valence-corrected chi connectivity index (χ0v) is 18.6. The average Bonchev–Trinajstić information content (AvgIpc) is 3.38. The minimum absolute atomic E-state index is 0.0448. The lowest BCUT2D eigenvalue weighted by Gasteiger charge is -2.26. The van der Waals surface area contributed by atoms with Gasteiger partial charge in [-0.3, -0.25) is 9.36 Å². The monoisotopic (exact) mass is 465 g/mol. The van der Waals surface area contributed by atoms with Crippen molar-refractivity contribution in [3.63, 3.8) is 0 Å². The molecule has 1 fully saturated rings. The van der Waals surface area contributed by atoms with Gasteiger partial charge in [-0.05, 0) is 13.0 Å². The summed E-state index contributed by atoms with van der Waals surface area (Å²) in [5.74, 6) is 0. The molecule has 0 unspecified atom stereocenters. The van der Waals surface area contributed by atoms with Crippen LogP contribution in [0.1, 0.15) is 25.1 Å². The average molecular weight is 466 g/mol. The Bertz CT molecular complexity index is 1320. The van der Waals surface area contributed by atoms with Gasteiger partial charge in [0.1, 0.15) is 17.5 Å². The van der Waals surface area contributed by atoms with E-state index in [0.717, 1.165) is 36.8 Å². The summed E-state index contributed by atoms with van der Waals surface area (Å²) in [6.45, 7) is 8.77. The molecular weight excluding hydrogens is 443 g/mol. The molecule has 1 saturated heterocycles. The van der Waals surface area contributed by atoms with E-state index in [9.17, 15) is 18.0 Å². The van der Waals surface area contributed by atoms with Gasteiger partial charge in [-0.1, -0.05) is 25.2 Å². The molecule has 8 nitrogen and oxygen atoms in total. The SMILES string of the molecule is CC.Cc1cn2cc(-n3cnc4sc(N5CCNCC5)nc4c3=O)cc(C(F)(F)F)c2n1. The van der Waals surface area contributed by atoms with Crippen LogP contribution in [-0.4, -0.2) is 50.1 Å². The summed E-state index contributed by atoms with van der Waals surface area (Å²) < 4.78 is 43.2. The highest BCUT2D eigenvalue weighted by Gasteiger charge is 2.35. The van der Waals surface area contributed by atoms with Gasteiger partial charge in [0.15, 0.2) is 15.5 Å². The highest BCUT2D eigenvalue weighted by molar-refractivity contribution is 7.21. The van der Waals surface area contributed by atoms with E-state index >= 15 is 0 Å². The smallest absolute Gasteiger partial charge is 0.345 e. The van der Waals surface area contributed by atoms with Crippen molar-refractivity contribution in [2.24, 2.45) is 0 Å². The number of alkyl halides is 3. The summed E-state index contributed by atoms with van der Waals surface area (Å²) in [6, 6.07) is 0.917. The van der Waals surface area contributed by atoms with Gasteiger partial charge in [-0.25, -0.2) is 15.0 Å². The Labute approximate surface area is 185 Å². The maximum atomic E-state index is 13.6. The number of hydrogen-bond acceptors (Lipinski definition) is 7. The van der Waals surface area contributed by atoms with Gasteiger partial charge in [0, 0.05) is 38.6 Å². The van der Waals surface area contributed by atoms with Crippen molar-refractivity contribution in [2.45, 2.75) is 26.9 Å². The summed E-state index contributed by atoms with van der Waals surface area (Å²) in [4.78, 5) is 28.3. The number of nitrogens with zero attached hydrogens (tertiary/aromatic N) is 6. The van der Waals surface area contributed by atoms with Crippen molar-refractivity contribution in [1.29, 1.82) is 0 Å². The number of aromatic nitrogens is 5. The van der Waals surface area contributed by atoms with E-state index in [4.69, 9.17) is 0 Å². The Morgan fingerprint density at radius 3 is 2.53 bits per heavy atom. The minimum atomic E-state index is -4.62. The molecule has 0 radical (unpaired) electrons. The predicted octanol–water partition coefficient (Wildman–Crippen LogP) is 3.25. The number of nitrogens with one attached hydrogen (secondary N) is 1. The second-order valence-electron chi connectivity index (χ2n) is 7.03. The zero-order valence-electron chi connectivity index (χ0n) is 17.8. The Hall–Kier alpha value is -2.99. The second kappa shape index (κ2) is 8.51. The summed E-state index contributed by atoms with van der Waals surface area (Å²) in [5.41, 5.74) is -1.00. The van der Waals surface area contributed by atoms with Crippen LogP contribution in [-0.2, 0) is 6.18 Å². The molecule has 0 amide bonds. The number of fused-ring (bicyclic) bond motifs is 2. The number of halogens is 3. The Morgan fingerprint density at radius 2 is 1.84 bits per heavy atom. The first-order valence-corrected chi connectivity index (χ1v) is 11.0. The Kier molecular flexibility index (Phi) is 5.91. The highest BCUT2D eigenvalue weighted by atomic mass is 32.1. The third-order valence-corrected chi connectivity index (χ3v) is 5.96. The number of pyridine rings is 1. The molecule has 32 heavy (non-hydrogen) atoms. The van der Waals surface area contributed by atoms with Crippen LogP contribution in [0.3, 0.4) is 0 Å². The van der Waals surface area contributed by atoms with Crippen molar-refractivity contribution in [1.82, 2.24) is 29.2 Å². The van der Waals surface area contributed by atoms with Crippen molar-refractivity contribution < 1.29 is 13.2 Å². The third-order valence-electron chi connectivity index (χ3n) is 4.94. The molecule has 4 aromatic heterocycles. The van der Waals surface area contributed by atoms with E-state index in [1.807, 2.05) is 13.8 Å². The molecule has 4 aromatic rings. The molecular formula is C20H22F3N7OS. The zero-order chi connectivity index (χ0) is 23.0. The molecule has 0 saturated carbocycles. The van der Waals surface area contributed by atoms with Gasteiger partial charge >= 0.3 is 6.18 Å². The van der Waals surface area contributed by atoms with Crippen LogP contribution in [0.5, 0.6) is 0 Å². The van der Waals surface area contributed by atoms with Crippen LogP contribution >= 0.6 is 11.3 Å². The summed E-state index contributed by atoms with van der Waals surface area (Å²) >= 11 is 1.30. The molecule has 5 heterocycles. The molecule has 1 aliphatic heterocycles. The number of piperazine rings is 1. The van der Waals surface area contributed by atoms with Crippen molar-refractivity contribution in [3.05, 3.63) is 46.4 Å². The summed E-state index contributed by atoms with van der Waals surface area (Å²) in [6.07, 6.45) is -0.457. The third kappa shape index (κ3) is 3.95. The molecule has 1 N–H and O–H groups in total. The lowest BCUT2D eigenvalue weighted by atomic mass is 10.2. The minimum Gasteiger partial charge on any atom is -0.345 e. The first-order valence-electron chi connectivity index (χ1n) is 10.2. The maximum absolute atomic E-state index is 13.6. The number of anilines is 1. The van der Waals surface area contributed by atoms with Crippen LogP contribution in [0, 0.1) is 6.92 Å². The van der Waals surface area contributed by atoms with Crippen molar-refractivity contribution >= 4 is 32.5 Å². The predicted molar refractivity (Wildman–Crippen MR) is 118 cm³/mol. The number of rotatable bonds is 2. The Morgan fingerprint density at radius 1 is 1.12 bits per heavy atom. The molecule has 0 aliphatic carbocycles. The number of aryl methyl sites for hydroxylation is 1. The fourth-order valence-corrected chi connectivity index (χ4v) is 4.48. The van der Waals surface area contributed by atoms with Gasteiger partial charge in [0.05, 0.1) is 11.4 Å². The molecule has 0 aromatic carbocycles. The summed E-state index contributed by atoms with van der Waals surface area (Å²) in [5, 5.41) is 3.93. The number of hydrogen-bond donors (Lipinski definition) is 1. The fourth-order valence-electron chi connectivity index (χ4n) is 3.53. The van der Waals surface area contributed by atoms with Crippen molar-refractivity contribution in [3.8, 4) is 5.69 Å². The number of imidazole rings is 1. The quantitative estimate of drug-likeness (QED) is 0.490. The standard InChI is InChI=1S/C18H16F3N7OS.C2H6/c1-10-7-27-8-11(6-12(14(27)24-10)18(19,20)21)28-9-23-15-13(16(28)29)25-17(30-15)26-4-2-22-3-5-26;1-2/h6-9,22H,2-5H2,1H3;1-2H3. The summed E-state index contributed by atoms with van der Waals surface area (Å²) in [7, 11) is 0. The van der Waals surface area contributed by atoms with E-state index in [0.29, 0.717) is 15.7 Å². The van der Waals surface area contributed by atoms with Gasteiger partial charge in [-0.2, -0.15) is 13.2 Å². The van der Waals surface area contributed by atoms with Crippen LogP contribution in [0.15, 0.2) is 29.6 Å². The molecule has 0 spiro atoms. The van der Waals surface area contributed by atoms with Gasteiger partial charge in [0.25, 0.3) is 5.56 Å². The maximum Gasteiger partial charge on any atom is 0.420 e. The first-order chi connectivity index (χ1) is 15.3. The van der Waals surface area contributed by atoms with E-state index in [1.165, 1.54) is 34.5 Å². The van der Waals surface area contributed by atoms with Crippen molar-refractivity contribution in [2.75, 3.05) is 31.1 Å². The van der Waals surface area contributed by atoms with Crippen LogP contribution in [0.25, 0.3) is 21.7 Å². The highest BCUT2D eigenvalue weighted by Crippen LogP contribution is 2.33. The lowest BCUT2D eigenvalue weighted by Crippen LogP contribution is -2.43. The molecule has 0 bridgehead atoms. The molecule has 12 heteroatoms. The van der Waals surface area contributed by atoms with E-state index in [1.54, 1.807) is 6.92 Å². The van der Waals surface area contributed by atoms with Crippen LogP contribution in [0.2, 0.25) is 0 Å². The van der Waals surface area contributed by atoms with Gasteiger partial charge < -0.3 is 14.6 Å². The second-order valence-corrected chi connectivity index (χ2v) is 7.99. The largest absolute Gasteiger partial charge is 0.420 e. The molecule has 170 valence electrons. The molecule has 5 rings (SSSR count). The van der Waals surface area contributed by atoms with Gasteiger partial charge in [0.2, 0.25) is 0 Å². The Balaban J connectivity index is 0.00000119. The molecule has 0 atom stereocenters. The number of thiazole rings is 1. The van der Waals surface area contributed by atoms with Gasteiger partial charge in [-0.15, -0.1) is 0 Å². The van der Waals surface area contributed by atoms with E-state index < -0.39 is 17.3 Å². The first kappa shape index (κ1) is 22.2. The van der Waals surface area contributed by atoms with E-state index in [2.05, 4.69) is 25.2 Å². The molecule has 1 aliphatic rings. The van der Waals surface area contributed by atoms with Crippen LogP contribution < -0.4 is 15.8 Å². The van der Waals surface area contributed by atoms with Crippen LogP contribution in [0.4, 0.5) is 18.3 Å². The topological polar surface area (TPSA) is 80.4 Å². The lowest BCUT2D eigenvalue weighted by molar-refractivity contribution is -0.136.